The van der Waals surface area contributed by atoms with Crippen LogP contribution in [0.1, 0.15) is 54.6 Å². The fraction of sp³-hybridized carbons (Fsp3) is 0.462. The summed E-state index contributed by atoms with van der Waals surface area (Å²) in [5.41, 5.74) is 0.969. The van der Waals surface area contributed by atoms with Gasteiger partial charge in [0.1, 0.15) is 12.1 Å². The number of aromatic nitrogens is 2. The summed E-state index contributed by atoms with van der Waals surface area (Å²) >= 11 is 9.79. The number of hydrogen-bond acceptors (Lipinski definition) is 5. The van der Waals surface area contributed by atoms with Crippen LogP contribution in [0.4, 0.5) is 4.39 Å². The Morgan fingerprint density at radius 2 is 2.17 bits per heavy atom. The fourth-order valence-corrected chi connectivity index (χ4v) is 4.92. The predicted octanol–water partition coefficient (Wildman–Crippen LogP) is 5.72. The molecule has 188 valence electrons. The molecule has 0 amide bonds. The summed E-state index contributed by atoms with van der Waals surface area (Å²) in [7, 11) is 0. The van der Waals surface area contributed by atoms with E-state index in [1.807, 2.05) is 10.6 Å². The van der Waals surface area contributed by atoms with Crippen LogP contribution >= 0.6 is 27.5 Å². The van der Waals surface area contributed by atoms with Crippen molar-refractivity contribution in [3.63, 3.8) is 0 Å². The van der Waals surface area contributed by atoms with Crippen LogP contribution in [0.15, 0.2) is 35.1 Å². The third kappa shape index (κ3) is 6.12. The van der Waals surface area contributed by atoms with Gasteiger partial charge in [-0.15, -0.1) is 0 Å². The van der Waals surface area contributed by atoms with E-state index in [1.54, 1.807) is 38.4 Å². The summed E-state index contributed by atoms with van der Waals surface area (Å²) in [4.78, 5) is 17.6. The molecule has 1 aliphatic rings. The lowest BCUT2D eigenvalue weighted by Crippen LogP contribution is -2.31. The number of benzene rings is 2. The molecule has 4 rings (SSSR count). The first-order valence-corrected chi connectivity index (χ1v) is 12.9. The second kappa shape index (κ2) is 11.0. The van der Waals surface area contributed by atoms with Crippen LogP contribution in [0.25, 0.3) is 11.0 Å². The van der Waals surface area contributed by atoms with Crippen LogP contribution in [-0.4, -0.2) is 52.0 Å². The van der Waals surface area contributed by atoms with Crippen molar-refractivity contribution in [2.75, 3.05) is 19.8 Å². The van der Waals surface area contributed by atoms with Crippen LogP contribution in [0.2, 0.25) is 5.02 Å². The number of ketones is 1. The maximum Gasteiger partial charge on any atom is 0.188 e. The van der Waals surface area contributed by atoms with E-state index in [0.717, 1.165) is 23.7 Å². The number of hydrogen-bond donors (Lipinski definition) is 1. The van der Waals surface area contributed by atoms with Gasteiger partial charge < -0.3 is 19.1 Å². The number of halogens is 3. The van der Waals surface area contributed by atoms with Gasteiger partial charge in [0.05, 0.1) is 36.7 Å². The molecule has 1 aliphatic heterocycles. The monoisotopic (exact) mass is 566 g/mol. The van der Waals surface area contributed by atoms with Gasteiger partial charge in [0.2, 0.25) is 0 Å². The molecule has 35 heavy (non-hydrogen) atoms. The van der Waals surface area contributed by atoms with Crippen LogP contribution in [0.3, 0.4) is 0 Å². The Labute approximate surface area is 217 Å². The van der Waals surface area contributed by atoms with Gasteiger partial charge in [-0.2, -0.15) is 0 Å². The summed E-state index contributed by atoms with van der Waals surface area (Å²) in [6, 6.07) is 7.05. The first kappa shape index (κ1) is 26.2. The second-order valence-electron chi connectivity index (χ2n) is 9.51. The SMILES string of the molecule is CC(C)(CO)OCC(=O)c1cc2c(ncn2CC2CCCCO2)c(F)c1Cc1ccc(Br)cc1Cl. The number of carbonyl (C=O) groups excluding carboxylic acids is 1. The van der Waals surface area contributed by atoms with Crippen LogP contribution in [-0.2, 0) is 22.4 Å². The maximum absolute atomic E-state index is 15.9. The Kier molecular flexibility index (Phi) is 8.28. The molecule has 2 heterocycles. The molecule has 1 unspecified atom stereocenters. The van der Waals surface area contributed by atoms with Crippen molar-refractivity contribution >= 4 is 44.3 Å². The van der Waals surface area contributed by atoms with E-state index < -0.39 is 11.4 Å². The lowest BCUT2D eigenvalue weighted by atomic mass is 9.95. The number of aliphatic hydroxyl groups is 1. The Morgan fingerprint density at radius 3 is 2.86 bits per heavy atom. The molecule has 1 saturated heterocycles. The van der Waals surface area contributed by atoms with Crippen molar-refractivity contribution in [2.45, 2.75) is 57.8 Å². The number of aliphatic hydroxyl groups excluding tert-OH is 1. The van der Waals surface area contributed by atoms with Gasteiger partial charge in [-0.1, -0.05) is 33.6 Å². The molecular formula is C26H29BrClFN2O4. The van der Waals surface area contributed by atoms with Crippen LogP contribution in [0, 0.1) is 5.82 Å². The lowest BCUT2D eigenvalue weighted by Gasteiger charge is -2.23. The zero-order chi connectivity index (χ0) is 25.2. The number of carbonyl (C=O) groups is 1. The minimum Gasteiger partial charge on any atom is -0.393 e. The van der Waals surface area contributed by atoms with E-state index in [2.05, 4.69) is 20.9 Å². The Morgan fingerprint density at radius 1 is 1.37 bits per heavy atom. The third-order valence-electron chi connectivity index (χ3n) is 6.29. The molecular weight excluding hydrogens is 539 g/mol. The summed E-state index contributed by atoms with van der Waals surface area (Å²) in [6.07, 6.45) is 4.81. The highest BCUT2D eigenvalue weighted by molar-refractivity contribution is 9.10. The quantitative estimate of drug-likeness (QED) is 0.335. The summed E-state index contributed by atoms with van der Waals surface area (Å²) < 4.78 is 30.1. The average Bonchev–Trinajstić information content (AvgIpc) is 3.24. The molecule has 0 saturated carbocycles. The van der Waals surface area contributed by atoms with Gasteiger partial charge >= 0.3 is 0 Å². The van der Waals surface area contributed by atoms with E-state index in [9.17, 15) is 9.90 Å². The van der Waals surface area contributed by atoms with E-state index >= 15 is 4.39 Å². The van der Waals surface area contributed by atoms with Gasteiger partial charge in [0, 0.05) is 33.6 Å². The molecule has 1 fully saturated rings. The molecule has 9 heteroatoms. The topological polar surface area (TPSA) is 73.6 Å². The molecule has 6 nitrogen and oxygen atoms in total. The molecule has 0 aliphatic carbocycles. The van der Waals surface area contributed by atoms with Gasteiger partial charge in [0.25, 0.3) is 0 Å². The fourth-order valence-electron chi connectivity index (χ4n) is 4.17. The van der Waals surface area contributed by atoms with Crippen molar-refractivity contribution in [1.82, 2.24) is 9.55 Å². The first-order chi connectivity index (χ1) is 16.7. The zero-order valence-electron chi connectivity index (χ0n) is 19.8. The van der Waals surface area contributed by atoms with E-state index in [4.69, 9.17) is 21.1 Å². The molecule has 0 spiro atoms. The maximum atomic E-state index is 15.9. The molecule has 1 N–H and O–H groups in total. The summed E-state index contributed by atoms with van der Waals surface area (Å²) in [6.45, 7) is 4.08. The molecule has 1 aromatic heterocycles. The molecule has 0 radical (unpaired) electrons. The zero-order valence-corrected chi connectivity index (χ0v) is 22.2. The minimum atomic E-state index is -0.895. The summed E-state index contributed by atoms with van der Waals surface area (Å²) in [5.74, 6) is -0.924. The van der Waals surface area contributed by atoms with Gasteiger partial charge in [-0.05, 0) is 56.9 Å². The highest BCUT2D eigenvalue weighted by Gasteiger charge is 2.26. The van der Waals surface area contributed by atoms with Crippen molar-refractivity contribution in [3.8, 4) is 0 Å². The molecule has 3 aromatic rings. The highest BCUT2D eigenvalue weighted by atomic mass is 79.9. The van der Waals surface area contributed by atoms with Gasteiger partial charge in [-0.3, -0.25) is 4.79 Å². The normalized spacial score (nSPS) is 16.7. The number of Topliss-reactive ketones (excluding diaryl/α,β-unsaturated/α-hetero) is 1. The number of rotatable bonds is 9. The van der Waals surface area contributed by atoms with E-state index in [-0.39, 0.29) is 48.2 Å². The number of fused-ring (bicyclic) bond motifs is 1. The number of ether oxygens (including phenoxy) is 2. The Balaban J connectivity index is 1.75. The third-order valence-corrected chi connectivity index (χ3v) is 7.13. The molecule has 0 bridgehead atoms. The van der Waals surface area contributed by atoms with Crippen LogP contribution in [0.5, 0.6) is 0 Å². The molecule has 1 atom stereocenters. The number of imidazole rings is 1. The van der Waals surface area contributed by atoms with E-state index in [1.165, 1.54) is 0 Å². The van der Waals surface area contributed by atoms with Gasteiger partial charge in [-0.25, -0.2) is 9.37 Å². The average molecular weight is 568 g/mol. The Hall–Kier alpha value is -1.84. The highest BCUT2D eigenvalue weighted by Crippen LogP contribution is 2.31. The Bertz CT molecular complexity index is 1220. The van der Waals surface area contributed by atoms with Crippen molar-refractivity contribution in [2.24, 2.45) is 0 Å². The van der Waals surface area contributed by atoms with Crippen LogP contribution < -0.4 is 0 Å². The largest absolute Gasteiger partial charge is 0.393 e. The lowest BCUT2D eigenvalue weighted by molar-refractivity contribution is -0.0447. The minimum absolute atomic E-state index is 0.0262. The standard InChI is InChI=1S/C26H29BrClFN2O4/c1-26(2,14-32)35-13-23(33)19-11-22-25(30-15-31(22)12-18-5-3-4-8-34-18)24(29)20(19)9-16-6-7-17(27)10-21(16)28/h6-7,10-11,15,18,32H,3-5,8-9,12-14H2,1-2H3. The van der Waals surface area contributed by atoms with E-state index in [0.29, 0.717) is 29.3 Å². The second-order valence-corrected chi connectivity index (χ2v) is 10.8. The van der Waals surface area contributed by atoms with Gasteiger partial charge in [0.15, 0.2) is 11.6 Å². The first-order valence-electron chi connectivity index (χ1n) is 11.7. The smallest absolute Gasteiger partial charge is 0.188 e. The molecule has 2 aromatic carbocycles. The summed E-state index contributed by atoms with van der Waals surface area (Å²) in [5, 5.41) is 9.96. The number of nitrogens with zero attached hydrogens (tertiary/aromatic N) is 2. The van der Waals surface area contributed by atoms with Crippen molar-refractivity contribution < 1.29 is 23.8 Å². The predicted molar refractivity (Wildman–Crippen MR) is 137 cm³/mol. The van der Waals surface area contributed by atoms with Crippen molar-refractivity contribution in [3.05, 3.63) is 62.6 Å². The van der Waals surface area contributed by atoms with Crippen molar-refractivity contribution in [1.29, 1.82) is 0 Å².